The second-order valence-electron chi connectivity index (χ2n) is 5.24. The number of benzene rings is 2. The van der Waals surface area contributed by atoms with Gasteiger partial charge >= 0.3 is 0 Å². The average Bonchev–Trinajstić information content (AvgIpc) is 2.65. The van der Waals surface area contributed by atoms with E-state index in [1.165, 1.54) is 12.1 Å². The Bertz CT molecular complexity index is 1240. The van der Waals surface area contributed by atoms with E-state index in [4.69, 9.17) is 0 Å². The van der Waals surface area contributed by atoms with Crippen molar-refractivity contribution < 1.29 is 40.0 Å². The zero-order valence-electron chi connectivity index (χ0n) is 13.2. The highest BCUT2D eigenvalue weighted by Crippen LogP contribution is 2.39. The molecule has 0 bridgehead atoms. The van der Waals surface area contributed by atoms with Gasteiger partial charge in [-0.05, 0) is 18.2 Å². The fourth-order valence-corrected chi connectivity index (χ4v) is 2.96. The van der Waals surface area contributed by atoms with Crippen LogP contribution in [0.5, 0.6) is 5.75 Å². The predicted octanol–water partition coefficient (Wildman–Crippen LogP) is 4.30. The number of rotatable bonds is 3. The molecule has 1 aromatic heterocycles. The lowest BCUT2D eigenvalue weighted by molar-refractivity contribution is 0.380. The quantitative estimate of drug-likeness (QED) is 0.216. The number of pyridine rings is 1. The number of fused-ring (bicyclic) bond motifs is 1. The van der Waals surface area contributed by atoms with Crippen molar-refractivity contribution in [3.63, 3.8) is 0 Å². The van der Waals surface area contributed by atoms with Gasteiger partial charge in [0.2, 0.25) is 5.82 Å². The standard InChI is InChI=1S/C15H6F5N3O4S/c16-8-9(17)11(19)14(12(20)10(8)18)23-22-6-4-7(28(25,26)27)5-2-1-3-21-13(5)15(6)24/h1-4,24H,(H,25,26,27). The van der Waals surface area contributed by atoms with Crippen LogP contribution in [0.15, 0.2) is 39.5 Å². The van der Waals surface area contributed by atoms with Crippen LogP contribution in [0.1, 0.15) is 0 Å². The van der Waals surface area contributed by atoms with Crippen molar-refractivity contribution in [3.05, 3.63) is 53.5 Å². The van der Waals surface area contributed by atoms with Gasteiger partial charge in [-0.25, -0.2) is 22.0 Å². The van der Waals surface area contributed by atoms with Gasteiger partial charge in [0.1, 0.15) is 16.1 Å². The van der Waals surface area contributed by atoms with Crippen molar-refractivity contribution in [2.45, 2.75) is 4.90 Å². The van der Waals surface area contributed by atoms with Gasteiger partial charge in [-0.15, -0.1) is 10.2 Å². The van der Waals surface area contributed by atoms with Gasteiger partial charge in [0.25, 0.3) is 10.1 Å². The second kappa shape index (κ2) is 6.76. The maximum atomic E-state index is 13.6. The molecule has 28 heavy (non-hydrogen) atoms. The maximum absolute atomic E-state index is 13.6. The molecule has 0 saturated heterocycles. The molecule has 2 N–H and O–H groups in total. The lowest BCUT2D eigenvalue weighted by Gasteiger charge is -2.07. The molecule has 7 nitrogen and oxygen atoms in total. The molecule has 0 spiro atoms. The molecule has 3 rings (SSSR count). The van der Waals surface area contributed by atoms with Gasteiger partial charge < -0.3 is 5.11 Å². The number of hydrogen-bond donors (Lipinski definition) is 2. The molecule has 0 radical (unpaired) electrons. The Morgan fingerprint density at radius 2 is 1.50 bits per heavy atom. The molecular weight excluding hydrogens is 413 g/mol. The van der Waals surface area contributed by atoms with Crippen molar-refractivity contribution in [2.75, 3.05) is 0 Å². The van der Waals surface area contributed by atoms with Crippen molar-refractivity contribution in [2.24, 2.45) is 10.2 Å². The SMILES string of the molecule is O=S(=O)(O)c1cc(N=Nc2c(F)c(F)c(F)c(F)c2F)c(O)c2ncccc12. The molecule has 146 valence electrons. The van der Waals surface area contributed by atoms with Crippen LogP contribution in [-0.2, 0) is 10.1 Å². The lowest BCUT2D eigenvalue weighted by atomic mass is 10.2. The topological polar surface area (TPSA) is 112 Å². The summed E-state index contributed by atoms with van der Waals surface area (Å²) in [5.41, 5.74) is -2.79. The first-order valence-electron chi connectivity index (χ1n) is 7.05. The molecule has 13 heteroatoms. The highest BCUT2D eigenvalue weighted by atomic mass is 32.2. The van der Waals surface area contributed by atoms with E-state index in [0.717, 1.165) is 6.20 Å². The first-order valence-corrected chi connectivity index (χ1v) is 8.49. The highest BCUT2D eigenvalue weighted by Gasteiger charge is 2.26. The van der Waals surface area contributed by atoms with Crippen LogP contribution in [0.2, 0.25) is 0 Å². The van der Waals surface area contributed by atoms with E-state index in [-0.39, 0.29) is 10.9 Å². The summed E-state index contributed by atoms with van der Waals surface area (Å²) in [5.74, 6) is -12.3. The second-order valence-corrected chi connectivity index (χ2v) is 6.63. The minimum Gasteiger partial charge on any atom is -0.504 e. The summed E-state index contributed by atoms with van der Waals surface area (Å²) in [4.78, 5) is 2.92. The Labute approximate surface area is 152 Å². The van der Waals surface area contributed by atoms with E-state index < -0.39 is 61.2 Å². The van der Waals surface area contributed by atoms with E-state index >= 15 is 0 Å². The third-order valence-corrected chi connectivity index (χ3v) is 4.42. The van der Waals surface area contributed by atoms with Crippen molar-refractivity contribution in [3.8, 4) is 5.75 Å². The number of hydrogen-bond acceptors (Lipinski definition) is 6. The lowest BCUT2D eigenvalue weighted by Crippen LogP contribution is -2.00. The zero-order valence-corrected chi connectivity index (χ0v) is 14.0. The molecule has 1 heterocycles. The van der Waals surface area contributed by atoms with E-state index in [0.29, 0.717) is 6.07 Å². The molecule has 0 aliphatic heterocycles. The fraction of sp³-hybridized carbons (Fsp3) is 0. The van der Waals surface area contributed by atoms with Crippen molar-refractivity contribution in [1.29, 1.82) is 0 Å². The molecule has 0 unspecified atom stereocenters. The molecule has 0 fully saturated rings. The number of aromatic hydroxyl groups is 1. The largest absolute Gasteiger partial charge is 0.504 e. The van der Waals surface area contributed by atoms with Crippen LogP contribution in [0, 0.1) is 29.1 Å². The Morgan fingerprint density at radius 3 is 2.07 bits per heavy atom. The minimum absolute atomic E-state index is 0.210. The Balaban J connectivity index is 2.26. The molecule has 0 aliphatic rings. The molecular formula is C15H6F5N3O4S. The van der Waals surface area contributed by atoms with Gasteiger partial charge in [0.05, 0.1) is 0 Å². The summed E-state index contributed by atoms with van der Waals surface area (Å²) >= 11 is 0. The number of halogens is 5. The zero-order chi connectivity index (χ0) is 20.8. The third-order valence-electron chi connectivity index (χ3n) is 3.53. The smallest absolute Gasteiger partial charge is 0.295 e. The van der Waals surface area contributed by atoms with Crippen molar-refractivity contribution >= 4 is 32.4 Å². The number of phenols is 1. The van der Waals surface area contributed by atoms with E-state index in [1.54, 1.807) is 0 Å². The summed E-state index contributed by atoms with van der Waals surface area (Å²) in [5, 5.41) is 16.0. The Morgan fingerprint density at radius 1 is 0.929 bits per heavy atom. The van der Waals surface area contributed by atoms with Gasteiger partial charge in [-0.3, -0.25) is 9.54 Å². The average molecular weight is 419 g/mol. The highest BCUT2D eigenvalue weighted by molar-refractivity contribution is 7.86. The summed E-state index contributed by atoms with van der Waals surface area (Å²) in [6.45, 7) is 0. The summed E-state index contributed by atoms with van der Waals surface area (Å²) < 4.78 is 99.1. The molecule has 0 atom stereocenters. The van der Waals surface area contributed by atoms with Gasteiger partial charge in [0.15, 0.2) is 34.7 Å². The van der Waals surface area contributed by atoms with E-state index in [2.05, 4.69) is 15.2 Å². The minimum atomic E-state index is -4.86. The number of aromatic nitrogens is 1. The van der Waals surface area contributed by atoms with E-state index in [9.17, 15) is 40.0 Å². The van der Waals surface area contributed by atoms with Crippen LogP contribution < -0.4 is 0 Å². The molecule has 0 saturated carbocycles. The fourth-order valence-electron chi connectivity index (χ4n) is 2.26. The molecule has 2 aromatic carbocycles. The summed E-state index contributed by atoms with van der Waals surface area (Å²) in [7, 11) is -4.86. The van der Waals surface area contributed by atoms with Crippen LogP contribution in [0.3, 0.4) is 0 Å². The van der Waals surface area contributed by atoms with Crippen molar-refractivity contribution in [1.82, 2.24) is 4.98 Å². The van der Waals surface area contributed by atoms with Gasteiger partial charge in [0, 0.05) is 11.6 Å². The molecule has 3 aromatic rings. The number of nitrogens with zero attached hydrogens (tertiary/aromatic N) is 3. The van der Waals surface area contributed by atoms with Crippen LogP contribution >= 0.6 is 0 Å². The number of phenolic OH excluding ortho intramolecular Hbond substituents is 1. The number of azo groups is 1. The first-order chi connectivity index (χ1) is 13.0. The van der Waals surface area contributed by atoms with E-state index in [1.807, 2.05) is 0 Å². The normalized spacial score (nSPS) is 12.2. The maximum Gasteiger partial charge on any atom is 0.295 e. The van der Waals surface area contributed by atoms with Crippen LogP contribution in [0.25, 0.3) is 10.9 Å². The monoisotopic (exact) mass is 419 g/mol. The molecule has 0 amide bonds. The Kier molecular flexibility index (Phi) is 4.72. The first kappa shape index (κ1) is 19.6. The Hall–Kier alpha value is -3.19. The summed E-state index contributed by atoms with van der Waals surface area (Å²) in [6.07, 6.45) is 1.15. The predicted molar refractivity (Wildman–Crippen MR) is 83.6 cm³/mol. The van der Waals surface area contributed by atoms with Gasteiger partial charge in [-0.1, -0.05) is 0 Å². The van der Waals surface area contributed by atoms with Gasteiger partial charge in [-0.2, -0.15) is 8.42 Å². The van der Waals surface area contributed by atoms with Crippen LogP contribution in [0.4, 0.5) is 33.3 Å². The third kappa shape index (κ3) is 3.14. The summed E-state index contributed by atoms with van der Waals surface area (Å²) in [6, 6.07) is 3.08. The van der Waals surface area contributed by atoms with Crippen LogP contribution in [-0.4, -0.2) is 23.1 Å². The molecule has 0 aliphatic carbocycles.